The van der Waals surface area contributed by atoms with Gasteiger partial charge in [0.25, 0.3) is 0 Å². The van der Waals surface area contributed by atoms with E-state index in [2.05, 4.69) is 21.5 Å². The molecule has 4 aromatic rings. The highest BCUT2D eigenvalue weighted by molar-refractivity contribution is 7.99. The van der Waals surface area contributed by atoms with Gasteiger partial charge in [-0.15, -0.1) is 0 Å². The summed E-state index contributed by atoms with van der Waals surface area (Å²) in [5.41, 5.74) is 8.30. The number of benzene rings is 1. The van der Waals surface area contributed by atoms with Crippen molar-refractivity contribution in [2.75, 3.05) is 12.5 Å². The average molecular weight is 409 g/mol. The summed E-state index contributed by atoms with van der Waals surface area (Å²) in [5, 5.41) is 0.789. The number of hydrogen-bond acceptors (Lipinski definition) is 8. The molecular formula is C20H19N5O3S. The second-order valence-electron chi connectivity index (χ2n) is 6.69. The van der Waals surface area contributed by atoms with Gasteiger partial charge in [0.1, 0.15) is 17.8 Å². The molecule has 1 aliphatic heterocycles. The minimum atomic E-state index is 0.209. The van der Waals surface area contributed by atoms with Crippen molar-refractivity contribution in [1.29, 1.82) is 0 Å². The second-order valence-corrected chi connectivity index (χ2v) is 7.70. The number of anilines is 1. The van der Waals surface area contributed by atoms with Crippen LogP contribution in [0.25, 0.3) is 22.5 Å². The van der Waals surface area contributed by atoms with Gasteiger partial charge in [0, 0.05) is 17.0 Å². The molecule has 0 spiro atoms. The van der Waals surface area contributed by atoms with Crippen molar-refractivity contribution in [2.24, 2.45) is 0 Å². The van der Waals surface area contributed by atoms with Crippen LogP contribution >= 0.6 is 11.8 Å². The number of aryl methyl sites for hydroxylation is 2. The Hall–Kier alpha value is -3.20. The minimum Gasteiger partial charge on any atom is -0.461 e. The zero-order valence-electron chi connectivity index (χ0n) is 16.0. The van der Waals surface area contributed by atoms with Crippen molar-refractivity contribution in [3.05, 3.63) is 36.4 Å². The molecule has 0 saturated heterocycles. The maximum absolute atomic E-state index is 6.04. The molecule has 5 rings (SSSR count). The van der Waals surface area contributed by atoms with Gasteiger partial charge in [-0.25, -0.2) is 15.0 Å². The highest BCUT2D eigenvalue weighted by Crippen LogP contribution is 2.45. The summed E-state index contributed by atoms with van der Waals surface area (Å²) in [7, 11) is 0. The van der Waals surface area contributed by atoms with Crippen molar-refractivity contribution < 1.29 is 13.9 Å². The normalized spacial score (nSPS) is 12.8. The Kier molecular flexibility index (Phi) is 4.31. The Balaban J connectivity index is 1.65. The van der Waals surface area contributed by atoms with Gasteiger partial charge < -0.3 is 24.2 Å². The van der Waals surface area contributed by atoms with Crippen LogP contribution in [0.4, 0.5) is 5.82 Å². The third kappa shape index (κ3) is 3.07. The number of aromatic nitrogens is 4. The van der Waals surface area contributed by atoms with Crippen molar-refractivity contribution in [2.45, 2.75) is 36.9 Å². The molecule has 0 bridgehead atoms. The number of nitrogens with two attached hydrogens (primary N) is 1. The maximum Gasteiger partial charge on any atom is 0.231 e. The van der Waals surface area contributed by atoms with Crippen LogP contribution in [0.3, 0.4) is 0 Å². The Bertz CT molecular complexity index is 1220. The van der Waals surface area contributed by atoms with Crippen molar-refractivity contribution in [1.82, 2.24) is 19.5 Å². The fourth-order valence-corrected chi connectivity index (χ4v) is 4.37. The first-order valence-corrected chi connectivity index (χ1v) is 10.1. The van der Waals surface area contributed by atoms with Crippen LogP contribution in [0.2, 0.25) is 0 Å². The van der Waals surface area contributed by atoms with E-state index in [-0.39, 0.29) is 6.79 Å². The molecule has 8 nitrogen and oxygen atoms in total. The summed E-state index contributed by atoms with van der Waals surface area (Å²) in [6.07, 6.45) is 2.41. The summed E-state index contributed by atoms with van der Waals surface area (Å²) in [5.74, 6) is 3.39. The quantitative estimate of drug-likeness (QED) is 0.521. The minimum absolute atomic E-state index is 0.209. The number of fused-ring (bicyclic) bond motifs is 2. The molecule has 0 amide bonds. The van der Waals surface area contributed by atoms with E-state index in [1.807, 2.05) is 31.2 Å². The van der Waals surface area contributed by atoms with Gasteiger partial charge >= 0.3 is 0 Å². The molecule has 29 heavy (non-hydrogen) atoms. The molecule has 0 saturated carbocycles. The SMILES string of the molecule is CCCn1c(Sc2cc3c(cc2-c2ccc(C)o2)OCO3)nc2c(N)ncnc21. The highest BCUT2D eigenvalue weighted by Gasteiger charge is 2.23. The van der Waals surface area contributed by atoms with Crippen molar-refractivity contribution in [3.8, 4) is 22.8 Å². The predicted octanol–water partition coefficient (Wildman–Crippen LogP) is 4.27. The lowest BCUT2D eigenvalue weighted by molar-refractivity contribution is 0.174. The predicted molar refractivity (Wildman–Crippen MR) is 109 cm³/mol. The van der Waals surface area contributed by atoms with Gasteiger partial charge in [-0.1, -0.05) is 18.7 Å². The van der Waals surface area contributed by atoms with E-state index in [1.165, 1.54) is 18.1 Å². The van der Waals surface area contributed by atoms with Gasteiger partial charge in [-0.2, -0.15) is 0 Å². The molecule has 2 N–H and O–H groups in total. The molecular weight excluding hydrogens is 390 g/mol. The molecule has 0 fully saturated rings. The molecule has 0 unspecified atom stereocenters. The van der Waals surface area contributed by atoms with Gasteiger partial charge in [0.2, 0.25) is 6.79 Å². The van der Waals surface area contributed by atoms with Crippen LogP contribution in [-0.4, -0.2) is 26.3 Å². The van der Waals surface area contributed by atoms with Crippen molar-refractivity contribution in [3.63, 3.8) is 0 Å². The molecule has 3 aromatic heterocycles. The molecule has 1 aromatic carbocycles. The summed E-state index contributed by atoms with van der Waals surface area (Å²) < 4.78 is 19.1. The van der Waals surface area contributed by atoms with Gasteiger partial charge in [-0.3, -0.25) is 0 Å². The van der Waals surface area contributed by atoms with E-state index < -0.39 is 0 Å². The summed E-state index contributed by atoms with van der Waals surface area (Å²) in [6.45, 7) is 5.02. The van der Waals surface area contributed by atoms with E-state index in [1.54, 1.807) is 0 Å². The topological polar surface area (TPSA) is 101 Å². The largest absolute Gasteiger partial charge is 0.461 e. The van der Waals surface area contributed by atoms with Crippen molar-refractivity contribution >= 4 is 28.7 Å². The highest BCUT2D eigenvalue weighted by atomic mass is 32.2. The maximum atomic E-state index is 6.04. The lowest BCUT2D eigenvalue weighted by Crippen LogP contribution is -2.01. The summed E-state index contributed by atoms with van der Waals surface area (Å²) >= 11 is 1.52. The monoisotopic (exact) mass is 409 g/mol. The number of imidazole rings is 1. The average Bonchev–Trinajstić information content (AvgIpc) is 3.42. The van der Waals surface area contributed by atoms with Crippen LogP contribution in [-0.2, 0) is 6.54 Å². The Morgan fingerprint density at radius 1 is 1.17 bits per heavy atom. The van der Waals surface area contributed by atoms with E-state index in [9.17, 15) is 0 Å². The number of nitrogen functional groups attached to an aromatic ring is 1. The molecule has 0 aliphatic carbocycles. The zero-order chi connectivity index (χ0) is 20.0. The Morgan fingerprint density at radius 3 is 2.76 bits per heavy atom. The third-order valence-electron chi connectivity index (χ3n) is 4.65. The molecule has 4 heterocycles. The zero-order valence-corrected chi connectivity index (χ0v) is 16.8. The lowest BCUT2D eigenvalue weighted by Gasteiger charge is -2.10. The van der Waals surface area contributed by atoms with Crippen LogP contribution < -0.4 is 15.2 Å². The molecule has 0 atom stereocenters. The van der Waals surface area contributed by atoms with E-state index in [4.69, 9.17) is 24.6 Å². The number of rotatable bonds is 5. The molecule has 1 aliphatic rings. The van der Waals surface area contributed by atoms with Gasteiger partial charge in [-0.05, 0) is 37.6 Å². The van der Waals surface area contributed by atoms with E-state index in [0.29, 0.717) is 22.8 Å². The lowest BCUT2D eigenvalue weighted by atomic mass is 10.1. The molecule has 148 valence electrons. The van der Waals surface area contributed by atoms with E-state index in [0.717, 1.165) is 45.7 Å². The second kappa shape index (κ2) is 7.00. The first-order valence-electron chi connectivity index (χ1n) is 9.29. The van der Waals surface area contributed by atoms with Crippen LogP contribution in [0.5, 0.6) is 11.5 Å². The summed E-state index contributed by atoms with van der Waals surface area (Å²) in [6, 6.07) is 7.81. The number of hydrogen-bond donors (Lipinski definition) is 1. The molecule has 0 radical (unpaired) electrons. The first-order chi connectivity index (χ1) is 14.1. The van der Waals surface area contributed by atoms with Crippen LogP contribution in [0, 0.1) is 6.92 Å². The van der Waals surface area contributed by atoms with Crippen LogP contribution in [0.1, 0.15) is 19.1 Å². The standard InChI is InChI=1S/C20H19N5O3S/c1-3-6-25-19-17(18(21)22-9-23-19)24-20(25)29-16-8-15-14(26-10-27-15)7-12(16)13-5-4-11(2)28-13/h4-5,7-9H,3,6,10H2,1-2H3,(H2,21,22,23). The Morgan fingerprint density at radius 2 is 2.00 bits per heavy atom. The number of ether oxygens (including phenoxy) is 2. The van der Waals surface area contributed by atoms with E-state index >= 15 is 0 Å². The van der Waals surface area contributed by atoms with Gasteiger partial charge in [0.05, 0.1) is 0 Å². The summed E-state index contributed by atoms with van der Waals surface area (Å²) in [4.78, 5) is 14.2. The number of furan rings is 1. The van der Waals surface area contributed by atoms with Gasteiger partial charge in [0.15, 0.2) is 33.6 Å². The fourth-order valence-electron chi connectivity index (χ4n) is 3.32. The third-order valence-corrected chi connectivity index (χ3v) is 5.71. The fraction of sp³-hybridized carbons (Fsp3) is 0.250. The molecule has 9 heteroatoms. The smallest absolute Gasteiger partial charge is 0.231 e. The number of nitrogens with zero attached hydrogens (tertiary/aromatic N) is 4. The Labute approximate surface area is 171 Å². The first kappa shape index (κ1) is 17.9. The van der Waals surface area contributed by atoms with Crippen LogP contribution in [0.15, 0.2) is 45.1 Å².